The minimum Gasteiger partial charge on any atom is -0.477 e. The van der Waals surface area contributed by atoms with E-state index in [9.17, 15) is 38.1 Å². The van der Waals surface area contributed by atoms with Crippen molar-refractivity contribution in [2.24, 2.45) is 35.5 Å². The number of aliphatic hydroxyl groups excluding tert-OH is 3. The van der Waals surface area contributed by atoms with Crippen LogP contribution in [0.4, 0.5) is 0 Å². The van der Waals surface area contributed by atoms with Crippen LogP contribution in [0.5, 0.6) is 0 Å². The molecule has 542 valence electrons. The Morgan fingerprint density at radius 1 is 0.525 bits per heavy atom. The summed E-state index contributed by atoms with van der Waals surface area (Å²) in [5.41, 5.74) is 0. The molecule has 3 saturated carbocycles. The van der Waals surface area contributed by atoms with Crippen LogP contribution in [0.2, 0.25) is 30.1 Å². The van der Waals surface area contributed by atoms with Crippen LogP contribution < -0.4 is 63.4 Å². The number of carbonyl (C=O) groups is 3. The van der Waals surface area contributed by atoms with E-state index < -0.39 is 66.0 Å². The van der Waals surface area contributed by atoms with Crippen LogP contribution in [-0.2, 0) is 55.1 Å². The zero-order valence-electron chi connectivity index (χ0n) is 53.9. The second-order valence-corrected chi connectivity index (χ2v) is 37.6. The number of benzene rings is 3. The molecule has 6 aromatic rings. The fourth-order valence-electron chi connectivity index (χ4n) is 12.1. The standard InChI is InChI=1S/C21H23Cl3O4S2.C21H23Cl3O3S2.C20H21Cl3O4S2.C4H8O.IO4.Na/c1-28-21(26)20-6-5-14(29-20)3-2-4-16-17(19(25)10-18(16)24)11-30(27)15-8-12(22)7-13(23)9-15;1-27-21(26)20-6-5-14(29-20)3-2-4-16-17(19(25)10-18(16)24)11-28-15-8-12(22)7-13(23)9-15;21-11-6-12(22)8-14(7-11)29(27)10-16-15(17(23)9-18(16)24)3-1-2-13-4-5-19(28-13)20(25)26;1-2-4-5-3-1;2-1(3,4)5;/h5-9,16-19,25H,2-4,10-11H2,1H3;5-9,16-19,25H,2-4,10-11H2,1H3;4-8,15-18,24H,1-3,9-10H2,(H,25,26);1-4H2;;/q;;;;-1;+1/t16-,17-,18-,19-,30?;16-,17-,18-,19-;15-,16-,17-,18-,29?;;;/m111.../s1. The monoisotopic (exact) mass is 1780 g/mol. The van der Waals surface area contributed by atoms with Gasteiger partial charge in [-0.3, -0.25) is 22.2 Å². The first-order valence-electron chi connectivity index (χ1n) is 31.0. The molecule has 3 aliphatic carbocycles. The Bertz CT molecular complexity index is 3490. The van der Waals surface area contributed by atoms with Crippen molar-refractivity contribution in [3.63, 3.8) is 0 Å². The van der Waals surface area contributed by atoms with Gasteiger partial charge < -0.3 is 34.6 Å². The molecule has 4 fully saturated rings. The van der Waals surface area contributed by atoms with Gasteiger partial charge in [0, 0.05) is 118 Å². The molecule has 0 bridgehead atoms. The summed E-state index contributed by atoms with van der Waals surface area (Å²) >= 11 is 55.8. The zero-order valence-corrected chi connectivity index (χ0v) is 69.8. The number of carboxylic acids is 1. The fraction of sp³-hybridized carbons (Fsp3) is 0.500. The Hall–Kier alpha value is -0.160. The van der Waals surface area contributed by atoms with E-state index >= 15 is 0 Å². The van der Waals surface area contributed by atoms with Crippen molar-refractivity contribution in [1.82, 2.24) is 0 Å². The van der Waals surface area contributed by atoms with E-state index in [0.29, 0.717) is 85.3 Å². The van der Waals surface area contributed by atoms with E-state index in [0.717, 1.165) is 96.3 Å². The summed E-state index contributed by atoms with van der Waals surface area (Å²) in [6, 6.07) is 26.2. The summed E-state index contributed by atoms with van der Waals surface area (Å²) in [7, 11) is 0.0864. The predicted molar refractivity (Wildman–Crippen MR) is 386 cm³/mol. The minimum absolute atomic E-state index is 0. The van der Waals surface area contributed by atoms with E-state index in [1.54, 1.807) is 66.4 Å². The molecular formula is C66H75Cl9INaO16S6. The first kappa shape index (κ1) is 89.5. The van der Waals surface area contributed by atoms with Gasteiger partial charge in [-0.2, -0.15) is 0 Å². The predicted octanol–water partition coefficient (Wildman–Crippen LogP) is 7.67. The van der Waals surface area contributed by atoms with Crippen LogP contribution in [0.3, 0.4) is 0 Å². The van der Waals surface area contributed by atoms with E-state index in [2.05, 4.69) is 0 Å². The van der Waals surface area contributed by atoms with Crippen molar-refractivity contribution in [3.05, 3.63) is 150 Å². The molecule has 4 N–H and O–H groups in total. The number of carbonyl (C=O) groups excluding carboxylic acids is 2. The third-order valence-electron chi connectivity index (χ3n) is 16.8. The molecule has 14 atom stereocenters. The fourth-order valence-corrected chi connectivity index (χ4v) is 22.7. The SMILES string of the molecule is C1CCOC1.COC(=O)c1ccc(CCC[C@@H]2[C@@H](CS(=O)c3cc(Cl)cc(Cl)c3)[C@H](O)C[C@H]2Cl)s1.COC(=O)c1ccc(CCC[C@@H]2[C@@H](CSc3cc(Cl)cc(Cl)c3)[C@H](O)C[C@H]2Cl)s1.O=C(O)c1ccc(CCC[C@@H]2[C@@H](CS(=O)c3cc(Cl)cc(Cl)c3)[C@H](O)C[C@H]2Cl)s1.[Na+].[O-][I+3]([O-])([O-])[O-]. The number of esters is 2. The molecule has 4 aliphatic rings. The van der Waals surface area contributed by atoms with Crippen LogP contribution in [0.15, 0.2) is 106 Å². The average molecular weight is 1790 g/mol. The number of alkyl halides is 3. The summed E-state index contributed by atoms with van der Waals surface area (Å²) in [4.78, 5) is 41.1. The quantitative estimate of drug-likeness (QED) is 0.0149. The van der Waals surface area contributed by atoms with Gasteiger partial charge >= 0.3 is 47.5 Å². The number of hydrogen-bond acceptors (Lipinski definition) is 19. The number of thiophene rings is 3. The summed E-state index contributed by atoms with van der Waals surface area (Å²) in [5.74, 6) is 0.0441. The molecule has 1 saturated heterocycles. The molecule has 2 unspecified atom stereocenters. The molecule has 0 spiro atoms. The normalized spacial score (nSPS) is 23.7. The third kappa shape index (κ3) is 30.8. The van der Waals surface area contributed by atoms with Gasteiger partial charge in [0.15, 0.2) is 0 Å². The molecule has 4 heterocycles. The molecule has 33 heteroatoms. The van der Waals surface area contributed by atoms with E-state index in [1.807, 2.05) is 36.4 Å². The van der Waals surface area contributed by atoms with Crippen LogP contribution >= 0.6 is 150 Å². The number of methoxy groups -OCH3 is 2. The first-order chi connectivity index (χ1) is 46.4. The van der Waals surface area contributed by atoms with Crippen LogP contribution in [0.1, 0.15) is 114 Å². The molecule has 0 radical (unpaired) electrons. The second-order valence-electron chi connectivity index (χ2n) is 23.6. The van der Waals surface area contributed by atoms with Gasteiger partial charge in [0.1, 0.15) is 34.7 Å². The Balaban J connectivity index is 0.000000248. The molecule has 3 aromatic carbocycles. The number of ether oxygens (including phenoxy) is 3. The Labute approximate surface area is 672 Å². The third-order valence-corrected chi connectivity index (χ3v) is 27.0. The molecule has 10 rings (SSSR count). The number of aliphatic hydroxyl groups is 3. The summed E-state index contributed by atoms with van der Waals surface area (Å²) in [5, 5.41) is 43.2. The smallest absolute Gasteiger partial charge is 0.477 e. The minimum atomic E-state index is -5.94. The summed E-state index contributed by atoms with van der Waals surface area (Å²) in [6.07, 6.45) is 10.2. The van der Waals surface area contributed by atoms with Crippen molar-refractivity contribution in [3.8, 4) is 0 Å². The second kappa shape index (κ2) is 45.0. The van der Waals surface area contributed by atoms with E-state index in [1.165, 1.54) is 61.1 Å². The molecule has 3 aromatic heterocycles. The number of thioether (sulfide) groups is 1. The van der Waals surface area contributed by atoms with Crippen molar-refractivity contribution < 1.29 is 121 Å². The van der Waals surface area contributed by atoms with Crippen molar-refractivity contribution in [2.45, 2.75) is 139 Å². The topological polar surface area (TPSA) is 286 Å². The van der Waals surface area contributed by atoms with Gasteiger partial charge in [-0.1, -0.05) is 69.6 Å². The Morgan fingerprint density at radius 3 is 1.15 bits per heavy atom. The summed E-state index contributed by atoms with van der Waals surface area (Å²) < 4.78 is 74.7. The van der Waals surface area contributed by atoms with Gasteiger partial charge in [-0.25, -0.2) is 14.4 Å². The molecule has 99 heavy (non-hydrogen) atoms. The van der Waals surface area contributed by atoms with Crippen LogP contribution in [0.25, 0.3) is 0 Å². The van der Waals surface area contributed by atoms with Crippen molar-refractivity contribution in [2.75, 3.05) is 44.7 Å². The molecular weight excluding hydrogens is 1710 g/mol. The number of aromatic carboxylic acids is 1. The number of carboxylic acid groups (broad SMARTS) is 1. The molecule has 0 amide bonds. The van der Waals surface area contributed by atoms with Gasteiger partial charge in [0.2, 0.25) is 0 Å². The van der Waals surface area contributed by atoms with Crippen molar-refractivity contribution in [1.29, 1.82) is 0 Å². The average Bonchev–Trinajstić information content (AvgIpc) is 1.70. The number of aryl methyl sites for hydroxylation is 3. The van der Waals surface area contributed by atoms with E-state index in [-0.39, 0.29) is 93.1 Å². The zero-order chi connectivity index (χ0) is 72.0. The number of halogens is 10. The van der Waals surface area contributed by atoms with Gasteiger partial charge in [0.05, 0.1) is 54.1 Å². The number of hydrogen-bond donors (Lipinski definition) is 4. The maximum atomic E-state index is 12.9. The van der Waals surface area contributed by atoms with Crippen LogP contribution in [-0.4, -0.2) is 126 Å². The van der Waals surface area contributed by atoms with Gasteiger partial charge in [-0.15, -0.1) is 80.6 Å². The van der Waals surface area contributed by atoms with E-state index in [4.69, 9.17) is 137 Å². The largest absolute Gasteiger partial charge is 1.00 e. The first-order valence-corrected chi connectivity index (χ1v) is 44.2. The number of rotatable bonds is 24. The summed E-state index contributed by atoms with van der Waals surface area (Å²) in [6.45, 7) is 2.00. The Kier molecular flexibility index (Phi) is 40.6. The Morgan fingerprint density at radius 2 is 0.838 bits per heavy atom. The van der Waals surface area contributed by atoms with Gasteiger partial charge in [0.25, 0.3) is 0 Å². The van der Waals surface area contributed by atoms with Gasteiger partial charge in [-0.05, 0) is 205 Å². The van der Waals surface area contributed by atoms with Crippen molar-refractivity contribution >= 4 is 190 Å². The maximum Gasteiger partial charge on any atom is 1.00 e. The van der Waals surface area contributed by atoms with Crippen LogP contribution in [0, 0.1) is 35.5 Å². The molecule has 16 nitrogen and oxygen atoms in total. The molecule has 1 aliphatic heterocycles. The maximum absolute atomic E-state index is 12.9.